The third-order valence-corrected chi connectivity index (χ3v) is 3.42. The van der Waals surface area contributed by atoms with E-state index in [1.165, 1.54) is 0 Å². The second-order valence-corrected chi connectivity index (χ2v) is 4.91. The van der Waals surface area contributed by atoms with Crippen LogP contribution in [-0.2, 0) is 9.47 Å². The van der Waals surface area contributed by atoms with Crippen molar-refractivity contribution in [1.29, 1.82) is 0 Å². The van der Waals surface area contributed by atoms with E-state index in [2.05, 4.69) is 22.2 Å². The van der Waals surface area contributed by atoms with Crippen molar-refractivity contribution < 1.29 is 9.47 Å². The van der Waals surface area contributed by atoms with Gasteiger partial charge in [-0.25, -0.2) is 0 Å². The standard InChI is InChI=1S/C12H25N3O2/c1-14(11-12-10-13-2-7-17-12)3-4-15-5-8-16-9-6-15/h12-13H,2-11H2,1H3. The maximum Gasteiger partial charge on any atom is 0.0826 e. The summed E-state index contributed by atoms with van der Waals surface area (Å²) in [6, 6.07) is 0. The molecule has 0 aliphatic carbocycles. The molecule has 2 fully saturated rings. The van der Waals surface area contributed by atoms with Crippen LogP contribution in [0.15, 0.2) is 0 Å². The molecule has 0 spiro atoms. The minimum Gasteiger partial charge on any atom is -0.379 e. The van der Waals surface area contributed by atoms with Gasteiger partial charge in [-0.1, -0.05) is 0 Å². The lowest BCUT2D eigenvalue weighted by Gasteiger charge is -2.31. The number of morpholine rings is 2. The Kier molecular flexibility index (Phi) is 5.67. The van der Waals surface area contributed by atoms with Crippen LogP contribution in [0.25, 0.3) is 0 Å². The average Bonchev–Trinajstić information content (AvgIpc) is 2.39. The van der Waals surface area contributed by atoms with Gasteiger partial charge >= 0.3 is 0 Å². The molecule has 2 aliphatic heterocycles. The smallest absolute Gasteiger partial charge is 0.0826 e. The number of hydrogen-bond donors (Lipinski definition) is 1. The minimum absolute atomic E-state index is 0.360. The van der Waals surface area contributed by atoms with Crippen molar-refractivity contribution in [3.63, 3.8) is 0 Å². The molecule has 0 bridgehead atoms. The lowest BCUT2D eigenvalue weighted by atomic mass is 10.3. The third-order valence-electron chi connectivity index (χ3n) is 3.42. The van der Waals surface area contributed by atoms with Gasteiger partial charge < -0.3 is 19.7 Å². The fourth-order valence-electron chi connectivity index (χ4n) is 2.31. The van der Waals surface area contributed by atoms with E-state index in [0.29, 0.717) is 6.10 Å². The van der Waals surface area contributed by atoms with Crippen LogP contribution in [0.2, 0.25) is 0 Å². The topological polar surface area (TPSA) is 37.0 Å². The lowest BCUT2D eigenvalue weighted by molar-refractivity contribution is 0.00409. The maximum atomic E-state index is 5.70. The number of likely N-dealkylation sites (N-methyl/N-ethyl adjacent to an activating group) is 1. The highest BCUT2D eigenvalue weighted by molar-refractivity contribution is 4.71. The maximum absolute atomic E-state index is 5.70. The molecule has 17 heavy (non-hydrogen) atoms. The lowest BCUT2D eigenvalue weighted by Crippen LogP contribution is -2.46. The molecule has 0 saturated carbocycles. The van der Waals surface area contributed by atoms with Gasteiger partial charge in [0.1, 0.15) is 0 Å². The molecule has 1 unspecified atom stereocenters. The average molecular weight is 243 g/mol. The van der Waals surface area contributed by atoms with Gasteiger partial charge in [0.15, 0.2) is 0 Å². The number of hydrogen-bond acceptors (Lipinski definition) is 5. The van der Waals surface area contributed by atoms with Crippen molar-refractivity contribution in [2.24, 2.45) is 0 Å². The normalized spacial score (nSPS) is 27.5. The van der Waals surface area contributed by atoms with E-state index in [0.717, 1.165) is 65.6 Å². The van der Waals surface area contributed by atoms with Gasteiger partial charge in [0.25, 0.3) is 0 Å². The first kappa shape index (κ1) is 13.2. The summed E-state index contributed by atoms with van der Waals surface area (Å²) in [5.74, 6) is 0. The van der Waals surface area contributed by atoms with Crippen LogP contribution >= 0.6 is 0 Å². The zero-order valence-corrected chi connectivity index (χ0v) is 10.9. The highest BCUT2D eigenvalue weighted by atomic mass is 16.5. The number of ether oxygens (including phenoxy) is 2. The Balaban J connectivity index is 1.57. The van der Waals surface area contributed by atoms with E-state index in [1.807, 2.05) is 0 Å². The van der Waals surface area contributed by atoms with Crippen LogP contribution in [0.1, 0.15) is 0 Å². The zero-order valence-electron chi connectivity index (χ0n) is 10.9. The molecule has 100 valence electrons. The van der Waals surface area contributed by atoms with Crippen LogP contribution in [0, 0.1) is 0 Å². The monoisotopic (exact) mass is 243 g/mol. The molecular weight excluding hydrogens is 218 g/mol. The predicted molar refractivity (Wildman–Crippen MR) is 67.4 cm³/mol. The molecule has 5 nitrogen and oxygen atoms in total. The number of nitrogens with one attached hydrogen (secondary N) is 1. The third kappa shape index (κ3) is 4.89. The predicted octanol–water partition coefficient (Wildman–Crippen LogP) is -0.761. The summed E-state index contributed by atoms with van der Waals surface area (Å²) in [6.45, 7) is 10.0. The van der Waals surface area contributed by atoms with Gasteiger partial charge in [0.05, 0.1) is 25.9 Å². The molecule has 2 rings (SSSR count). The second-order valence-electron chi connectivity index (χ2n) is 4.91. The molecular formula is C12H25N3O2. The van der Waals surface area contributed by atoms with Gasteiger partial charge in [-0.05, 0) is 7.05 Å². The fraction of sp³-hybridized carbons (Fsp3) is 1.00. The summed E-state index contributed by atoms with van der Waals surface area (Å²) in [7, 11) is 2.18. The van der Waals surface area contributed by atoms with Crippen molar-refractivity contribution in [1.82, 2.24) is 15.1 Å². The minimum atomic E-state index is 0.360. The van der Waals surface area contributed by atoms with Crippen molar-refractivity contribution in [3.8, 4) is 0 Å². The molecule has 0 radical (unpaired) electrons. The molecule has 0 amide bonds. The first-order chi connectivity index (χ1) is 8.34. The summed E-state index contributed by atoms with van der Waals surface area (Å²) in [4.78, 5) is 4.84. The van der Waals surface area contributed by atoms with Crippen LogP contribution < -0.4 is 5.32 Å². The Hall–Kier alpha value is -0.200. The fourth-order valence-corrected chi connectivity index (χ4v) is 2.31. The van der Waals surface area contributed by atoms with E-state index in [9.17, 15) is 0 Å². The largest absolute Gasteiger partial charge is 0.379 e. The highest BCUT2D eigenvalue weighted by Crippen LogP contribution is 2.00. The Bertz CT molecular complexity index is 204. The zero-order chi connectivity index (χ0) is 11.9. The van der Waals surface area contributed by atoms with Crippen molar-refractivity contribution in [2.75, 3.05) is 72.7 Å². The van der Waals surface area contributed by atoms with E-state index in [-0.39, 0.29) is 0 Å². The molecule has 2 heterocycles. The van der Waals surface area contributed by atoms with E-state index in [1.54, 1.807) is 0 Å². The molecule has 0 aromatic rings. The molecule has 2 aliphatic rings. The molecule has 1 N–H and O–H groups in total. The van der Waals surface area contributed by atoms with E-state index in [4.69, 9.17) is 9.47 Å². The highest BCUT2D eigenvalue weighted by Gasteiger charge is 2.16. The Morgan fingerprint density at radius 3 is 2.82 bits per heavy atom. The number of rotatable bonds is 5. The molecule has 0 aromatic heterocycles. The van der Waals surface area contributed by atoms with Gasteiger partial charge in [-0.2, -0.15) is 0 Å². The Morgan fingerprint density at radius 1 is 1.29 bits per heavy atom. The first-order valence-electron chi connectivity index (χ1n) is 6.65. The molecule has 5 heteroatoms. The Morgan fingerprint density at radius 2 is 2.12 bits per heavy atom. The molecule has 0 aromatic carbocycles. The molecule has 1 atom stereocenters. The van der Waals surface area contributed by atoms with E-state index < -0.39 is 0 Å². The summed E-state index contributed by atoms with van der Waals surface area (Å²) >= 11 is 0. The van der Waals surface area contributed by atoms with Gasteiger partial charge in [0, 0.05) is 45.8 Å². The SMILES string of the molecule is CN(CCN1CCOCC1)CC1CNCCO1. The summed E-state index contributed by atoms with van der Waals surface area (Å²) in [6.07, 6.45) is 0.360. The van der Waals surface area contributed by atoms with Crippen LogP contribution in [0.3, 0.4) is 0 Å². The van der Waals surface area contributed by atoms with Crippen LogP contribution in [-0.4, -0.2) is 88.6 Å². The van der Waals surface area contributed by atoms with Gasteiger partial charge in [0.2, 0.25) is 0 Å². The van der Waals surface area contributed by atoms with E-state index >= 15 is 0 Å². The van der Waals surface area contributed by atoms with Gasteiger partial charge in [-0.3, -0.25) is 4.90 Å². The summed E-state index contributed by atoms with van der Waals surface area (Å²) < 4.78 is 11.0. The quantitative estimate of drug-likeness (QED) is 0.687. The Labute approximate surface area is 104 Å². The number of nitrogens with zero attached hydrogens (tertiary/aromatic N) is 2. The summed E-state index contributed by atoms with van der Waals surface area (Å²) in [5, 5.41) is 3.37. The summed E-state index contributed by atoms with van der Waals surface area (Å²) in [5.41, 5.74) is 0. The van der Waals surface area contributed by atoms with Gasteiger partial charge in [-0.15, -0.1) is 0 Å². The van der Waals surface area contributed by atoms with Crippen LogP contribution in [0.4, 0.5) is 0 Å². The second kappa shape index (κ2) is 7.28. The first-order valence-corrected chi connectivity index (χ1v) is 6.65. The molecule has 2 saturated heterocycles. The van der Waals surface area contributed by atoms with Crippen LogP contribution in [0.5, 0.6) is 0 Å². The van der Waals surface area contributed by atoms with Crippen molar-refractivity contribution in [3.05, 3.63) is 0 Å². The van der Waals surface area contributed by atoms with Crippen molar-refractivity contribution in [2.45, 2.75) is 6.10 Å². The van der Waals surface area contributed by atoms with Crippen molar-refractivity contribution >= 4 is 0 Å².